The fraction of sp³-hybridized carbons (Fsp3) is 0.356. The normalized spacial score (nSPS) is 20.0. The zero-order valence-electron chi connectivity index (χ0n) is 35.1. The summed E-state index contributed by atoms with van der Waals surface area (Å²) < 4.78 is 78.2. The molecular formula is C45H42F4N10O5. The third kappa shape index (κ3) is 6.07. The highest BCUT2D eigenvalue weighted by atomic mass is 19.2. The van der Waals surface area contributed by atoms with Gasteiger partial charge >= 0.3 is 11.4 Å². The van der Waals surface area contributed by atoms with Gasteiger partial charge in [-0.1, -0.05) is 5.16 Å². The Kier molecular flexibility index (Phi) is 8.94. The molecule has 2 aromatic carbocycles. The topological polar surface area (TPSA) is 159 Å². The molecule has 330 valence electrons. The summed E-state index contributed by atoms with van der Waals surface area (Å²) in [5, 5.41) is 26.0. The van der Waals surface area contributed by atoms with Gasteiger partial charge in [0, 0.05) is 85.7 Å². The van der Waals surface area contributed by atoms with Crippen molar-refractivity contribution in [1.82, 2.24) is 48.1 Å². The Morgan fingerprint density at radius 2 is 1.73 bits per heavy atom. The van der Waals surface area contributed by atoms with Gasteiger partial charge in [0.2, 0.25) is 0 Å². The average Bonchev–Trinajstić information content (AvgIpc) is 3.72. The molecular weight excluding hydrogens is 837 g/mol. The van der Waals surface area contributed by atoms with Gasteiger partial charge < -0.3 is 14.2 Å². The van der Waals surface area contributed by atoms with Crippen LogP contribution < -0.4 is 11.4 Å². The number of H-pyrrole nitrogens is 1. The molecule has 1 aliphatic carbocycles. The lowest BCUT2D eigenvalue weighted by molar-refractivity contribution is -0.0593. The first-order chi connectivity index (χ1) is 30.6. The summed E-state index contributed by atoms with van der Waals surface area (Å²) in [6, 6.07) is 10.1. The van der Waals surface area contributed by atoms with Crippen LogP contribution in [0.25, 0.3) is 33.6 Å². The summed E-state index contributed by atoms with van der Waals surface area (Å²) in [6.45, 7) is 6.88. The van der Waals surface area contributed by atoms with E-state index >= 15 is 4.39 Å². The number of nitrogens with zero attached hydrogens (tertiary/aromatic N) is 9. The van der Waals surface area contributed by atoms with Gasteiger partial charge in [0.25, 0.3) is 0 Å². The van der Waals surface area contributed by atoms with Crippen LogP contribution in [0.15, 0.2) is 81.4 Å². The lowest BCUT2D eigenvalue weighted by Crippen LogP contribution is -2.38. The Hall–Kier alpha value is -6.57. The number of aryl methyl sites for hydroxylation is 1. The summed E-state index contributed by atoms with van der Waals surface area (Å²) in [6.07, 6.45) is 7.99. The fourth-order valence-electron chi connectivity index (χ4n) is 10.2. The molecule has 1 saturated carbocycles. The average molecular weight is 879 g/mol. The van der Waals surface area contributed by atoms with Crippen LogP contribution in [0.5, 0.6) is 0 Å². The number of hydrogen-bond donors (Lipinski definition) is 2. The maximum atomic E-state index is 16.0. The number of aromatic amines is 1. The highest BCUT2D eigenvalue weighted by molar-refractivity contribution is 5.81. The summed E-state index contributed by atoms with van der Waals surface area (Å²) in [5.41, 5.74) is 2.59. The third-order valence-electron chi connectivity index (χ3n) is 13.5. The number of aliphatic hydroxyl groups excluding tert-OH is 1. The molecule has 8 heterocycles. The van der Waals surface area contributed by atoms with Crippen molar-refractivity contribution in [3.63, 3.8) is 0 Å². The molecule has 15 nitrogen and oxygen atoms in total. The molecule has 1 unspecified atom stereocenters. The monoisotopic (exact) mass is 878 g/mol. The van der Waals surface area contributed by atoms with E-state index in [0.717, 1.165) is 46.3 Å². The van der Waals surface area contributed by atoms with Gasteiger partial charge in [-0.15, -0.1) is 0 Å². The predicted octanol–water partition coefficient (Wildman–Crippen LogP) is 6.55. The van der Waals surface area contributed by atoms with Crippen molar-refractivity contribution in [2.24, 2.45) is 7.05 Å². The van der Waals surface area contributed by atoms with Crippen molar-refractivity contribution >= 4 is 16.4 Å². The number of halogens is 4. The van der Waals surface area contributed by atoms with Gasteiger partial charge in [0.15, 0.2) is 29.1 Å². The zero-order chi connectivity index (χ0) is 44.6. The number of hydrogen-bond acceptors (Lipinski definition) is 9. The number of fused-ring (bicyclic) bond motifs is 3. The van der Waals surface area contributed by atoms with Crippen LogP contribution in [0.4, 0.5) is 17.6 Å². The Bertz CT molecular complexity index is 3290. The minimum Gasteiger partial charge on any atom is -0.376 e. The van der Waals surface area contributed by atoms with Gasteiger partial charge in [0.1, 0.15) is 12.0 Å². The van der Waals surface area contributed by atoms with Crippen LogP contribution in [0.3, 0.4) is 0 Å². The lowest BCUT2D eigenvalue weighted by atomic mass is 9.84. The molecule has 6 aromatic heterocycles. The summed E-state index contributed by atoms with van der Waals surface area (Å²) in [7, 11) is 1.67. The van der Waals surface area contributed by atoms with Crippen LogP contribution in [-0.2, 0) is 23.6 Å². The molecule has 0 amide bonds. The molecule has 0 spiro atoms. The van der Waals surface area contributed by atoms with Crippen molar-refractivity contribution < 1.29 is 31.9 Å². The molecule has 1 saturated heterocycles. The Morgan fingerprint density at radius 1 is 0.969 bits per heavy atom. The van der Waals surface area contributed by atoms with E-state index in [0.29, 0.717) is 47.6 Å². The van der Waals surface area contributed by atoms with Crippen molar-refractivity contribution in [2.75, 3.05) is 13.2 Å². The van der Waals surface area contributed by atoms with Crippen molar-refractivity contribution in [3.05, 3.63) is 145 Å². The molecule has 19 heteroatoms. The molecule has 2 N–H and O–H groups in total. The quantitative estimate of drug-likeness (QED) is 0.128. The third-order valence-corrected chi connectivity index (χ3v) is 13.5. The van der Waals surface area contributed by atoms with Crippen molar-refractivity contribution in [3.8, 4) is 17.2 Å². The van der Waals surface area contributed by atoms with Gasteiger partial charge in [-0.25, -0.2) is 31.8 Å². The van der Waals surface area contributed by atoms with E-state index in [2.05, 4.69) is 41.2 Å². The van der Waals surface area contributed by atoms with Crippen LogP contribution in [0.1, 0.15) is 98.5 Å². The van der Waals surface area contributed by atoms with Gasteiger partial charge in [0.05, 0.1) is 45.2 Å². The van der Waals surface area contributed by atoms with Gasteiger partial charge in [-0.2, -0.15) is 10.2 Å². The zero-order valence-corrected chi connectivity index (χ0v) is 35.1. The second-order valence-electron chi connectivity index (χ2n) is 17.8. The number of aromatic nitrogens is 9. The smallest absolute Gasteiger partial charge is 0.376 e. The van der Waals surface area contributed by atoms with E-state index in [1.54, 1.807) is 13.1 Å². The first-order valence-electron chi connectivity index (χ1n) is 21.1. The van der Waals surface area contributed by atoms with Crippen LogP contribution in [0, 0.1) is 23.3 Å². The van der Waals surface area contributed by atoms with Gasteiger partial charge in [-0.3, -0.25) is 28.2 Å². The number of rotatable bonds is 8. The molecule has 2 aliphatic heterocycles. The van der Waals surface area contributed by atoms with Crippen molar-refractivity contribution in [2.45, 2.75) is 82.1 Å². The SMILES string of the molecule is C[C@H]1c2c(nn(-c3cc(F)c(F)c(F)c3)c2-n2ccn(-c3ccc4c(cnn4C)c3F)c2=O)CCN1C(O)c1cc2cc([C@@H]3CCOC(C)(C)C3)ccn2c1C1(c2noc(=O)[nH]2)CC1. The number of aliphatic hydroxyl groups is 1. The molecule has 64 heavy (non-hydrogen) atoms. The highest BCUT2D eigenvalue weighted by Crippen LogP contribution is 2.55. The Morgan fingerprint density at radius 3 is 2.45 bits per heavy atom. The number of ether oxygens (including phenoxy) is 1. The fourth-order valence-corrected chi connectivity index (χ4v) is 10.2. The largest absolute Gasteiger partial charge is 0.438 e. The van der Waals surface area contributed by atoms with E-state index in [-0.39, 0.29) is 47.1 Å². The summed E-state index contributed by atoms with van der Waals surface area (Å²) >= 11 is 0. The molecule has 11 rings (SSSR count). The van der Waals surface area contributed by atoms with E-state index in [4.69, 9.17) is 14.4 Å². The molecule has 0 bridgehead atoms. The second kappa shape index (κ2) is 14.2. The van der Waals surface area contributed by atoms with Gasteiger partial charge in [-0.05, 0) is 88.3 Å². The molecule has 8 aromatic rings. The summed E-state index contributed by atoms with van der Waals surface area (Å²) in [4.78, 5) is 31.4. The Balaban J connectivity index is 1.05. The van der Waals surface area contributed by atoms with E-state index in [1.165, 1.54) is 38.6 Å². The number of benzene rings is 2. The first-order valence-corrected chi connectivity index (χ1v) is 21.1. The maximum Gasteiger partial charge on any atom is 0.438 e. The minimum atomic E-state index is -1.67. The highest BCUT2D eigenvalue weighted by Gasteiger charge is 2.54. The first kappa shape index (κ1) is 40.2. The minimum absolute atomic E-state index is 0.0570. The number of pyridine rings is 1. The van der Waals surface area contributed by atoms with Crippen LogP contribution in [-0.4, -0.2) is 72.0 Å². The predicted molar refractivity (Wildman–Crippen MR) is 223 cm³/mol. The maximum absolute atomic E-state index is 16.0. The molecule has 3 atom stereocenters. The molecule has 3 aliphatic rings. The lowest BCUT2D eigenvalue weighted by Gasteiger charge is -2.37. The van der Waals surface area contributed by atoms with E-state index in [1.807, 2.05) is 28.5 Å². The van der Waals surface area contributed by atoms with E-state index in [9.17, 15) is 27.9 Å². The number of imidazole rings is 1. The van der Waals surface area contributed by atoms with Crippen LogP contribution in [0.2, 0.25) is 0 Å². The summed E-state index contributed by atoms with van der Waals surface area (Å²) in [5.74, 6) is -5.32. The van der Waals surface area contributed by atoms with E-state index < -0.39 is 52.4 Å². The Labute approximate surface area is 360 Å². The second-order valence-corrected chi connectivity index (χ2v) is 17.8. The molecule has 0 radical (unpaired) electrons. The standard InChI is InChI=1S/C45H42F4N10O5/c1-23-35-32(52-59(27-19-30(46)37(49)31(47)20-27)39(35)58-15-14-57(43(58)62)34-6-5-33-29(36(34)48)22-50-54(33)4)8-13-55(23)40(60)28-18-26-17-24(25-9-16-63-44(2,3)21-25)7-12-56(26)38(28)45(10-11-45)41-51-42(61)64-53-41/h5-7,12,14-15,17-20,22-23,25,40,60H,8-11,13,16,21H2,1-4H3,(H,51,53,61)/t23-,25+,40?/m0/s1. The number of nitrogens with one attached hydrogen (secondary N) is 1. The van der Waals surface area contributed by atoms with Crippen molar-refractivity contribution in [1.29, 1.82) is 0 Å². The molecule has 2 fully saturated rings. The van der Waals surface area contributed by atoms with Crippen LogP contribution >= 0.6 is 0 Å².